The number of hydrogen-bond acceptors (Lipinski definition) is 14. The molecule has 0 bridgehead atoms. The van der Waals surface area contributed by atoms with Gasteiger partial charge in [-0.05, 0) is 95.5 Å². The Balaban J connectivity index is 0.760. The Morgan fingerprint density at radius 2 is 1.50 bits per heavy atom. The van der Waals surface area contributed by atoms with Gasteiger partial charge in [-0.15, -0.1) is 0 Å². The third kappa shape index (κ3) is 7.46. The zero-order chi connectivity index (χ0) is 40.7. The van der Waals surface area contributed by atoms with Crippen LogP contribution >= 0.6 is 11.8 Å². The average molecular weight is 836 g/mol. The van der Waals surface area contributed by atoms with E-state index in [1.54, 1.807) is 6.08 Å². The smallest absolute Gasteiger partial charge is 0.331 e. The van der Waals surface area contributed by atoms with E-state index in [1.165, 1.54) is 11.5 Å². The number of carbonyl (C=O) groups excluding carboxylic acids is 1. The number of rotatable bonds is 8. The van der Waals surface area contributed by atoms with Gasteiger partial charge in [0.15, 0.2) is 18.9 Å². The topological polar surface area (TPSA) is 155 Å². The van der Waals surface area contributed by atoms with Crippen molar-refractivity contribution in [1.29, 1.82) is 0 Å². The molecule has 328 valence electrons. The van der Waals surface area contributed by atoms with E-state index in [0.29, 0.717) is 25.0 Å². The van der Waals surface area contributed by atoms with Crippen LogP contribution in [0, 0.1) is 28.6 Å². The maximum absolute atomic E-state index is 12.7. The van der Waals surface area contributed by atoms with E-state index in [1.807, 2.05) is 25.6 Å². The van der Waals surface area contributed by atoms with Crippen LogP contribution in [-0.4, -0.2) is 149 Å². The van der Waals surface area contributed by atoms with Crippen LogP contribution in [0.2, 0.25) is 0 Å². The van der Waals surface area contributed by atoms with Gasteiger partial charge in [0.1, 0.15) is 18.8 Å². The minimum atomic E-state index is -0.873. The lowest BCUT2D eigenvalue weighted by molar-refractivity contribution is -0.331. The zero-order valence-corrected chi connectivity index (χ0v) is 36.2. The highest BCUT2D eigenvalue weighted by Crippen LogP contribution is 2.68. The van der Waals surface area contributed by atoms with Crippen molar-refractivity contribution in [2.75, 3.05) is 31.2 Å². The summed E-state index contributed by atoms with van der Waals surface area (Å²) in [6.45, 7) is 14.7. The molecule has 9 aliphatic rings. The maximum atomic E-state index is 12.7. The Hall–Kier alpha value is -0.880. The molecule has 5 saturated heterocycles. The number of fused-ring (bicyclic) bond motifs is 5. The lowest BCUT2D eigenvalue weighted by Gasteiger charge is -2.65. The van der Waals surface area contributed by atoms with Gasteiger partial charge in [0.25, 0.3) is 0 Å². The summed E-state index contributed by atoms with van der Waals surface area (Å²) < 4.78 is 50.6. The van der Waals surface area contributed by atoms with Crippen LogP contribution in [0.25, 0.3) is 0 Å². The SMILES string of the molecule is CC1CN(C2CSC2)CCC(O[C@@H]2[C@H](C)O[C@@H](O[C@@H]3[C@H](C)O[C@@H](O[C@H]4CC[C@@]5(C)C(CCC6C5O[C@@H](C)[C@]5(C)[C@@H](C7=CC(=O)OC7)CC[C@]65O)C4)C[C@@H]3O)C[C@@H]2O)O1. The first kappa shape index (κ1) is 42.4. The highest BCUT2D eigenvalue weighted by molar-refractivity contribution is 8.00. The van der Waals surface area contributed by atoms with E-state index >= 15 is 0 Å². The standard InChI is InChI=1S/C44H69NO12S/c1-23-19-45(29-21-58-22-29)14-11-36(51-23)56-39-24(2)53-38(18-34(39)47)57-40-25(3)52-37(17-33(40)46)55-30-9-12-42(5)28(16-30)7-8-32-41(42)54-26(4)43(6)31(10-13-44(32,43)49)27-15-35(48)50-20-27/h15,23-26,28-34,36-41,46-47,49H,7-14,16-22H2,1-6H3/t23?,24-,25-,26-,28?,30-,31+,32?,33-,34-,36?,37-,38-,39+,40+,41?,42-,43+,44-/m0/s1. The van der Waals surface area contributed by atoms with Gasteiger partial charge >= 0.3 is 5.97 Å². The molecule has 3 aliphatic carbocycles. The van der Waals surface area contributed by atoms with Crippen LogP contribution < -0.4 is 0 Å². The van der Waals surface area contributed by atoms with Gasteiger partial charge in [0.2, 0.25) is 0 Å². The quantitative estimate of drug-likeness (QED) is 0.235. The number of aliphatic hydroxyl groups is 3. The van der Waals surface area contributed by atoms with Gasteiger partial charge in [-0.2, -0.15) is 11.8 Å². The third-order valence-corrected chi connectivity index (χ3v) is 17.9. The molecule has 0 amide bonds. The fourth-order valence-electron chi connectivity index (χ4n) is 13.1. The van der Waals surface area contributed by atoms with E-state index in [-0.39, 0.29) is 60.5 Å². The fraction of sp³-hybridized carbons (Fsp3) is 0.932. The lowest BCUT2D eigenvalue weighted by atomic mass is 9.48. The van der Waals surface area contributed by atoms with Crippen LogP contribution in [0.3, 0.4) is 0 Å². The summed E-state index contributed by atoms with van der Waals surface area (Å²) in [5.74, 6) is 2.53. The Labute approximate surface area is 348 Å². The molecule has 0 radical (unpaired) electrons. The number of nitrogens with zero attached hydrogens (tertiary/aromatic N) is 1. The van der Waals surface area contributed by atoms with Gasteiger partial charge in [0, 0.05) is 67.3 Å². The largest absolute Gasteiger partial charge is 0.458 e. The summed E-state index contributed by atoms with van der Waals surface area (Å²) in [6, 6.07) is 0.616. The van der Waals surface area contributed by atoms with Gasteiger partial charge < -0.3 is 53.2 Å². The molecule has 3 N–H and O–H groups in total. The number of ether oxygens (including phenoxy) is 8. The zero-order valence-electron chi connectivity index (χ0n) is 35.4. The molecule has 0 aromatic carbocycles. The minimum Gasteiger partial charge on any atom is -0.458 e. The lowest BCUT2D eigenvalue weighted by Crippen LogP contribution is -2.69. The minimum absolute atomic E-state index is 0.0103. The number of aliphatic hydroxyl groups excluding tert-OH is 2. The van der Waals surface area contributed by atoms with Crippen molar-refractivity contribution in [1.82, 2.24) is 4.90 Å². The maximum Gasteiger partial charge on any atom is 0.331 e. The van der Waals surface area contributed by atoms with Crippen molar-refractivity contribution in [2.24, 2.45) is 28.6 Å². The molecule has 0 spiro atoms. The van der Waals surface area contributed by atoms with E-state index in [0.717, 1.165) is 63.6 Å². The second-order valence-electron chi connectivity index (χ2n) is 19.9. The molecule has 58 heavy (non-hydrogen) atoms. The predicted octanol–water partition coefficient (Wildman–Crippen LogP) is 4.32. The normalized spacial score (nSPS) is 52.8. The highest BCUT2D eigenvalue weighted by Gasteiger charge is 2.71. The molecule has 6 heterocycles. The summed E-state index contributed by atoms with van der Waals surface area (Å²) in [5.41, 5.74) is -0.466. The Bertz CT molecular complexity index is 1510. The Kier molecular flexibility index (Phi) is 12.0. The molecular weight excluding hydrogens is 767 g/mol. The second kappa shape index (κ2) is 16.3. The summed E-state index contributed by atoms with van der Waals surface area (Å²) in [5, 5.41) is 35.3. The van der Waals surface area contributed by atoms with E-state index in [9.17, 15) is 20.1 Å². The van der Waals surface area contributed by atoms with Gasteiger partial charge in [0.05, 0.1) is 54.4 Å². The molecule has 13 nitrogen and oxygen atoms in total. The van der Waals surface area contributed by atoms with Crippen LogP contribution in [0.15, 0.2) is 11.6 Å². The molecule has 19 atom stereocenters. The summed E-state index contributed by atoms with van der Waals surface area (Å²) in [4.78, 5) is 14.5. The highest BCUT2D eigenvalue weighted by atomic mass is 32.2. The fourth-order valence-corrected chi connectivity index (χ4v) is 14.0. The molecular formula is C44H69NO12S. The van der Waals surface area contributed by atoms with Crippen LogP contribution in [0.4, 0.5) is 0 Å². The number of esters is 1. The predicted molar refractivity (Wildman–Crippen MR) is 214 cm³/mol. The Morgan fingerprint density at radius 1 is 0.810 bits per heavy atom. The van der Waals surface area contributed by atoms with Crippen LogP contribution in [0.5, 0.6) is 0 Å². The van der Waals surface area contributed by atoms with Crippen LogP contribution in [0.1, 0.15) is 106 Å². The van der Waals surface area contributed by atoms with Crippen LogP contribution in [-0.2, 0) is 42.7 Å². The van der Waals surface area contributed by atoms with Crippen molar-refractivity contribution in [3.63, 3.8) is 0 Å². The third-order valence-electron chi connectivity index (χ3n) is 16.6. The molecule has 6 aliphatic heterocycles. The molecule has 5 unspecified atom stereocenters. The molecule has 8 fully saturated rings. The number of carbonyl (C=O) groups is 1. The van der Waals surface area contributed by atoms with Gasteiger partial charge in [-0.25, -0.2) is 4.79 Å². The molecule has 0 aromatic heterocycles. The monoisotopic (exact) mass is 835 g/mol. The molecule has 9 rings (SSSR count). The Morgan fingerprint density at radius 3 is 2.14 bits per heavy atom. The summed E-state index contributed by atoms with van der Waals surface area (Å²) in [6.07, 6.45) is 3.38. The molecule has 3 saturated carbocycles. The molecule has 0 aromatic rings. The first-order chi connectivity index (χ1) is 27.7. The van der Waals surface area contributed by atoms with Crippen molar-refractivity contribution < 1.29 is 58.0 Å². The van der Waals surface area contributed by atoms with Crippen molar-refractivity contribution in [2.45, 2.75) is 197 Å². The number of cyclic esters (lactones) is 1. The van der Waals surface area contributed by atoms with Crippen molar-refractivity contribution in [3.8, 4) is 0 Å². The van der Waals surface area contributed by atoms with Crippen molar-refractivity contribution >= 4 is 17.7 Å². The summed E-state index contributed by atoms with van der Waals surface area (Å²) in [7, 11) is 0. The summed E-state index contributed by atoms with van der Waals surface area (Å²) >= 11 is 1.98. The van der Waals surface area contributed by atoms with Gasteiger partial charge in [-0.1, -0.05) is 13.8 Å². The van der Waals surface area contributed by atoms with E-state index < -0.39 is 66.5 Å². The van der Waals surface area contributed by atoms with Crippen molar-refractivity contribution in [3.05, 3.63) is 11.6 Å². The van der Waals surface area contributed by atoms with E-state index in [4.69, 9.17) is 37.9 Å². The average Bonchev–Trinajstić information content (AvgIpc) is 3.63. The second-order valence-corrected chi connectivity index (χ2v) is 21.0. The first-order valence-electron chi connectivity index (χ1n) is 22.5. The van der Waals surface area contributed by atoms with E-state index in [2.05, 4.69) is 32.6 Å². The number of hydrogen-bond donors (Lipinski definition) is 3. The molecule has 14 heteroatoms. The van der Waals surface area contributed by atoms with Gasteiger partial charge in [-0.3, -0.25) is 4.90 Å². The number of thioether (sulfide) groups is 1. The first-order valence-corrected chi connectivity index (χ1v) is 23.7.